The highest BCUT2D eigenvalue weighted by Crippen LogP contribution is 2.14. The smallest absolute Gasteiger partial charge is 0.250 e. The molecular weight excluding hydrogens is 471 g/mol. The molecule has 0 saturated heterocycles. The molecule has 1 aromatic heterocycles. The average Bonchev–Trinajstić information content (AvgIpc) is 3.05. The molecule has 0 aliphatic rings. The normalized spacial score (nSPS) is 13.4. The van der Waals surface area contributed by atoms with Crippen molar-refractivity contribution in [2.75, 3.05) is 19.6 Å². The van der Waals surface area contributed by atoms with Gasteiger partial charge in [-0.25, -0.2) is 13.1 Å². The van der Waals surface area contributed by atoms with Gasteiger partial charge in [0, 0.05) is 19.1 Å². The molecule has 0 radical (unpaired) electrons. The Hall–Kier alpha value is -0.390. The third-order valence-corrected chi connectivity index (χ3v) is 6.20. The minimum absolute atomic E-state index is 0. The van der Waals surface area contributed by atoms with Gasteiger partial charge in [0.25, 0.3) is 0 Å². The zero-order valence-corrected chi connectivity index (χ0v) is 19.4. The van der Waals surface area contributed by atoms with Gasteiger partial charge in [0.2, 0.25) is 10.0 Å². The summed E-state index contributed by atoms with van der Waals surface area (Å²) in [5.41, 5.74) is 0. The lowest BCUT2D eigenvalue weighted by molar-refractivity contribution is 0.489. The number of aliphatic imine (C=N–C) groups is 1. The van der Waals surface area contributed by atoms with Crippen molar-refractivity contribution in [1.82, 2.24) is 15.4 Å². The number of hydrogen-bond donors (Lipinski definition) is 3. The Balaban J connectivity index is 0.00000576. The lowest BCUT2D eigenvalue weighted by Gasteiger charge is -2.18. The second kappa shape index (κ2) is 12.9. The first kappa shape index (κ1) is 24.6. The van der Waals surface area contributed by atoms with Crippen LogP contribution in [0.3, 0.4) is 0 Å². The summed E-state index contributed by atoms with van der Waals surface area (Å²) in [4.78, 5) is 4.44. The molecule has 146 valence electrons. The van der Waals surface area contributed by atoms with Crippen molar-refractivity contribution in [2.24, 2.45) is 10.9 Å². The van der Waals surface area contributed by atoms with E-state index in [0.29, 0.717) is 22.7 Å². The molecule has 0 amide bonds. The molecule has 1 unspecified atom stereocenters. The summed E-state index contributed by atoms with van der Waals surface area (Å²) in [6.45, 7) is 10.00. The van der Waals surface area contributed by atoms with Crippen LogP contribution in [0.5, 0.6) is 0 Å². The highest BCUT2D eigenvalue weighted by molar-refractivity contribution is 14.0. The summed E-state index contributed by atoms with van der Waals surface area (Å²) in [5.74, 6) is 1.41. The molecule has 25 heavy (non-hydrogen) atoms. The molecule has 3 N–H and O–H groups in total. The molecule has 1 atom stereocenters. The second-order valence-corrected chi connectivity index (χ2v) is 9.05. The van der Waals surface area contributed by atoms with Crippen LogP contribution >= 0.6 is 35.3 Å². The number of nitrogens with one attached hydrogen (secondary N) is 3. The molecule has 0 bridgehead atoms. The van der Waals surface area contributed by atoms with Crippen LogP contribution in [-0.4, -0.2) is 40.1 Å². The van der Waals surface area contributed by atoms with Gasteiger partial charge in [-0.3, -0.25) is 4.99 Å². The molecule has 1 aromatic rings. The highest BCUT2D eigenvalue weighted by Gasteiger charge is 2.13. The van der Waals surface area contributed by atoms with E-state index in [1.165, 1.54) is 11.3 Å². The molecule has 0 aliphatic carbocycles. The molecule has 1 heterocycles. The van der Waals surface area contributed by atoms with Gasteiger partial charge in [0.15, 0.2) is 5.96 Å². The van der Waals surface area contributed by atoms with Gasteiger partial charge in [-0.1, -0.05) is 19.9 Å². The summed E-state index contributed by atoms with van der Waals surface area (Å²) >= 11 is 1.21. The molecule has 1 rings (SSSR count). The van der Waals surface area contributed by atoms with E-state index in [1.807, 2.05) is 6.92 Å². The van der Waals surface area contributed by atoms with E-state index < -0.39 is 10.0 Å². The maximum atomic E-state index is 12.0. The van der Waals surface area contributed by atoms with E-state index in [0.717, 1.165) is 25.3 Å². The summed E-state index contributed by atoms with van der Waals surface area (Å²) in [6.07, 6.45) is 2.24. The number of thiophene rings is 1. The van der Waals surface area contributed by atoms with Crippen molar-refractivity contribution in [3.05, 3.63) is 17.5 Å². The molecule has 0 saturated carbocycles. The minimum Gasteiger partial charge on any atom is -0.357 e. The van der Waals surface area contributed by atoms with E-state index >= 15 is 0 Å². The Morgan fingerprint density at radius 3 is 2.56 bits per heavy atom. The molecule has 9 heteroatoms. The lowest BCUT2D eigenvalue weighted by Crippen LogP contribution is -2.42. The van der Waals surface area contributed by atoms with Crippen LogP contribution in [0.2, 0.25) is 0 Å². The Morgan fingerprint density at radius 1 is 1.28 bits per heavy atom. The molecule has 0 spiro atoms. The summed E-state index contributed by atoms with van der Waals surface area (Å²) in [7, 11) is -3.41. The number of hydrogen-bond acceptors (Lipinski definition) is 4. The Labute approximate surface area is 173 Å². The second-order valence-electron chi connectivity index (χ2n) is 6.11. The van der Waals surface area contributed by atoms with E-state index in [4.69, 9.17) is 0 Å². The predicted octanol–water partition coefficient (Wildman–Crippen LogP) is 3.02. The first-order valence-electron chi connectivity index (χ1n) is 8.43. The van der Waals surface area contributed by atoms with Crippen molar-refractivity contribution in [2.45, 2.75) is 50.8 Å². The number of guanidine groups is 1. The molecule has 0 aliphatic heterocycles. The van der Waals surface area contributed by atoms with Gasteiger partial charge in [0.05, 0.1) is 6.54 Å². The fourth-order valence-corrected chi connectivity index (χ4v) is 4.10. The highest BCUT2D eigenvalue weighted by atomic mass is 127. The van der Waals surface area contributed by atoms with Crippen LogP contribution in [0.4, 0.5) is 0 Å². The van der Waals surface area contributed by atoms with Gasteiger partial charge in [-0.2, -0.15) is 0 Å². The average molecular weight is 502 g/mol. The fourth-order valence-electron chi connectivity index (χ4n) is 2.04. The fraction of sp³-hybridized carbons (Fsp3) is 0.688. The van der Waals surface area contributed by atoms with E-state index in [-0.39, 0.29) is 30.5 Å². The number of nitrogens with zero attached hydrogens (tertiary/aromatic N) is 1. The van der Waals surface area contributed by atoms with Crippen molar-refractivity contribution in [3.63, 3.8) is 0 Å². The zero-order valence-electron chi connectivity index (χ0n) is 15.4. The van der Waals surface area contributed by atoms with Crippen molar-refractivity contribution in [3.8, 4) is 0 Å². The quantitative estimate of drug-likeness (QED) is 0.199. The summed E-state index contributed by atoms with van der Waals surface area (Å²) in [6, 6.07) is 3.65. The topological polar surface area (TPSA) is 82.6 Å². The summed E-state index contributed by atoms with van der Waals surface area (Å²) in [5, 5.41) is 8.30. The third kappa shape index (κ3) is 10.4. The molecular formula is C16H31IN4O2S2. The van der Waals surface area contributed by atoms with E-state index in [1.54, 1.807) is 17.5 Å². The predicted molar refractivity (Wildman–Crippen MR) is 118 cm³/mol. The van der Waals surface area contributed by atoms with Crippen LogP contribution in [0, 0.1) is 5.92 Å². The Kier molecular flexibility index (Phi) is 12.7. The Morgan fingerprint density at radius 2 is 2.00 bits per heavy atom. The standard InChI is InChI=1S/C16H30N4O2S2.HI/c1-5-17-16(20-14(4)9-8-13(2)3)18-10-11-19-24(21,22)15-7-6-12-23-15;/h6-7,12-14,19H,5,8-11H2,1-4H3,(H2,17,18,20);1H. The zero-order chi connectivity index (χ0) is 18.0. The van der Waals surface area contributed by atoms with Crippen LogP contribution in [-0.2, 0) is 10.0 Å². The summed E-state index contributed by atoms with van der Waals surface area (Å²) < 4.78 is 26.9. The largest absolute Gasteiger partial charge is 0.357 e. The van der Waals surface area contributed by atoms with Crippen LogP contribution in [0.15, 0.2) is 26.7 Å². The lowest BCUT2D eigenvalue weighted by atomic mass is 10.0. The molecule has 0 aromatic carbocycles. The van der Waals surface area contributed by atoms with Gasteiger partial charge in [-0.15, -0.1) is 35.3 Å². The Bertz CT molecular complexity index is 589. The van der Waals surface area contributed by atoms with Crippen molar-refractivity contribution in [1.29, 1.82) is 0 Å². The minimum atomic E-state index is -3.41. The first-order chi connectivity index (χ1) is 11.3. The maximum Gasteiger partial charge on any atom is 0.250 e. The molecule has 6 nitrogen and oxygen atoms in total. The van der Waals surface area contributed by atoms with Gasteiger partial charge >= 0.3 is 0 Å². The number of halogens is 1. The third-order valence-electron chi connectivity index (χ3n) is 3.34. The SMILES string of the molecule is CCNC(=NCCNS(=O)(=O)c1cccs1)NC(C)CCC(C)C.I. The maximum absolute atomic E-state index is 12.0. The molecule has 0 fully saturated rings. The van der Waals surface area contributed by atoms with E-state index in [9.17, 15) is 8.42 Å². The van der Waals surface area contributed by atoms with Crippen molar-refractivity contribution < 1.29 is 8.42 Å². The van der Waals surface area contributed by atoms with Gasteiger partial charge in [-0.05, 0) is 44.1 Å². The van der Waals surface area contributed by atoms with Crippen LogP contribution in [0.25, 0.3) is 0 Å². The first-order valence-corrected chi connectivity index (χ1v) is 10.8. The number of rotatable bonds is 10. The van der Waals surface area contributed by atoms with Crippen molar-refractivity contribution >= 4 is 51.3 Å². The monoisotopic (exact) mass is 502 g/mol. The van der Waals surface area contributed by atoms with E-state index in [2.05, 4.69) is 41.1 Å². The van der Waals surface area contributed by atoms with Gasteiger partial charge in [0.1, 0.15) is 4.21 Å². The number of sulfonamides is 1. The van der Waals surface area contributed by atoms with Crippen LogP contribution < -0.4 is 15.4 Å². The van der Waals surface area contributed by atoms with Crippen LogP contribution in [0.1, 0.15) is 40.5 Å². The van der Waals surface area contributed by atoms with Gasteiger partial charge < -0.3 is 10.6 Å².